The number of aryl methyl sites for hydroxylation is 1. The summed E-state index contributed by atoms with van der Waals surface area (Å²) in [6.07, 6.45) is 0. The van der Waals surface area contributed by atoms with Crippen molar-refractivity contribution in [2.75, 3.05) is 0 Å². The van der Waals surface area contributed by atoms with Crippen LogP contribution in [0.1, 0.15) is 16.7 Å². The first-order valence-corrected chi connectivity index (χ1v) is 6.08. The van der Waals surface area contributed by atoms with Crippen LogP contribution in [0.15, 0.2) is 6.07 Å². The van der Waals surface area contributed by atoms with Gasteiger partial charge in [-0.1, -0.05) is 22.0 Å². The minimum absolute atomic E-state index is 1.19. The molecule has 1 aromatic carbocycles. The maximum Gasteiger partial charge on any atom is 0.0392 e. The largest absolute Gasteiger partial charge is 0.0678 e. The van der Waals surface area contributed by atoms with E-state index >= 15 is 0 Å². The van der Waals surface area contributed by atoms with E-state index < -0.39 is 0 Å². The molecule has 0 N–H and O–H groups in total. The van der Waals surface area contributed by atoms with Gasteiger partial charge in [-0.2, -0.15) is 0 Å². The summed E-state index contributed by atoms with van der Waals surface area (Å²) >= 11 is 0. The zero-order valence-corrected chi connectivity index (χ0v) is 12.1. The van der Waals surface area contributed by atoms with Gasteiger partial charge in [0.05, 0.1) is 0 Å². The van der Waals surface area contributed by atoms with Crippen LogP contribution in [0.25, 0.3) is 0 Å². The third-order valence-corrected chi connectivity index (χ3v) is 5.28. The van der Waals surface area contributed by atoms with E-state index in [2.05, 4.69) is 26.8 Å². The van der Waals surface area contributed by atoms with Gasteiger partial charge in [0.2, 0.25) is 0 Å². The lowest BCUT2D eigenvalue weighted by Crippen LogP contribution is -2.23. The Morgan fingerprint density at radius 1 is 1.00 bits per heavy atom. The molecule has 0 atom stereocenters. The van der Waals surface area contributed by atoms with E-state index in [1.54, 1.807) is 15.9 Å². The Morgan fingerprint density at radius 2 is 1.55 bits per heavy atom. The molecule has 0 bridgehead atoms. The van der Waals surface area contributed by atoms with Crippen LogP contribution >= 0.6 is 0 Å². The predicted molar refractivity (Wildman–Crippen MR) is 59.8 cm³/mol. The molecule has 0 aromatic heterocycles. The first-order chi connectivity index (χ1) is 5.04. The maximum absolute atomic E-state index is 2.35. The van der Waals surface area contributed by atoms with Crippen LogP contribution in [0.3, 0.4) is 0 Å². The minimum atomic E-state index is 1.19. The van der Waals surface area contributed by atoms with Crippen molar-refractivity contribution >= 4 is 30.9 Å². The van der Waals surface area contributed by atoms with E-state index in [1.165, 1.54) is 31.6 Å². The summed E-state index contributed by atoms with van der Waals surface area (Å²) in [5.41, 5.74) is 4.56. The molecule has 0 aliphatic rings. The molecule has 0 aliphatic heterocycles. The molecule has 0 saturated heterocycles. The fourth-order valence-corrected chi connectivity index (χ4v) is 3.51. The van der Waals surface area contributed by atoms with Crippen molar-refractivity contribution in [1.29, 1.82) is 0 Å². The van der Waals surface area contributed by atoms with Crippen LogP contribution in [-0.2, 0) is 0 Å². The van der Waals surface area contributed by atoms with Gasteiger partial charge in [0.15, 0.2) is 0 Å². The molecule has 0 fully saturated rings. The Morgan fingerprint density at radius 3 is 2.09 bits per heavy atom. The van der Waals surface area contributed by atoms with E-state index in [1.807, 2.05) is 0 Å². The molecule has 0 aliphatic carbocycles. The molecule has 0 spiro atoms. The molecule has 0 unspecified atom stereocenters. The molecular formula is C9H16Si2. The van der Waals surface area contributed by atoms with Gasteiger partial charge in [0.1, 0.15) is 0 Å². The lowest BCUT2D eigenvalue weighted by Gasteiger charge is -2.10. The van der Waals surface area contributed by atoms with Crippen molar-refractivity contribution in [3.63, 3.8) is 0 Å². The minimum Gasteiger partial charge on any atom is -0.0678 e. The summed E-state index contributed by atoms with van der Waals surface area (Å²) < 4.78 is 0. The Balaban J connectivity index is 3.46. The number of hydrogen-bond acceptors (Lipinski definition) is 0. The van der Waals surface area contributed by atoms with Crippen LogP contribution in [0.5, 0.6) is 0 Å². The second-order valence-electron chi connectivity index (χ2n) is 3.39. The summed E-state index contributed by atoms with van der Waals surface area (Å²) in [7, 11) is 2.39. The smallest absolute Gasteiger partial charge is 0.0392 e. The Bertz CT molecular complexity index is 264. The van der Waals surface area contributed by atoms with Gasteiger partial charge < -0.3 is 0 Å². The Kier molecular flexibility index (Phi) is 2.35. The quantitative estimate of drug-likeness (QED) is 0.431. The fourth-order valence-electron chi connectivity index (χ4n) is 1.41. The third kappa shape index (κ3) is 1.46. The number of benzene rings is 1. The molecule has 60 valence electrons. The van der Waals surface area contributed by atoms with Gasteiger partial charge in [-0.15, -0.1) is 0 Å². The number of hydrogen-bond donors (Lipinski definition) is 0. The van der Waals surface area contributed by atoms with Gasteiger partial charge >= 0.3 is 0 Å². The first kappa shape index (κ1) is 8.75. The SMILES string of the molecule is Cc1cc([SiH3])c(C)c([SiH3])c1C. The highest BCUT2D eigenvalue weighted by molar-refractivity contribution is 6.40. The first-order valence-electron chi connectivity index (χ1n) is 4.08. The van der Waals surface area contributed by atoms with Gasteiger partial charge in [0, 0.05) is 20.5 Å². The summed E-state index contributed by atoms with van der Waals surface area (Å²) in [6.45, 7) is 6.72. The highest BCUT2D eigenvalue weighted by atomic mass is 28.1. The number of rotatable bonds is 0. The van der Waals surface area contributed by atoms with Crippen molar-refractivity contribution in [3.8, 4) is 0 Å². The van der Waals surface area contributed by atoms with Crippen LogP contribution in [0.4, 0.5) is 0 Å². The second kappa shape index (κ2) is 2.95. The second-order valence-corrected chi connectivity index (χ2v) is 5.46. The average Bonchev–Trinajstić information content (AvgIpc) is 1.97. The summed E-state index contributed by atoms with van der Waals surface area (Å²) in [5.74, 6) is 0. The van der Waals surface area contributed by atoms with E-state index in [9.17, 15) is 0 Å². The van der Waals surface area contributed by atoms with Crippen LogP contribution in [-0.4, -0.2) is 20.5 Å². The highest BCUT2D eigenvalue weighted by Crippen LogP contribution is 2.02. The molecule has 0 radical (unpaired) electrons. The molecule has 0 saturated carbocycles. The van der Waals surface area contributed by atoms with E-state index in [4.69, 9.17) is 0 Å². The van der Waals surface area contributed by atoms with Crippen molar-refractivity contribution in [2.24, 2.45) is 0 Å². The molecule has 0 heterocycles. The highest BCUT2D eigenvalue weighted by Gasteiger charge is 2.02. The molecule has 1 rings (SSSR count). The van der Waals surface area contributed by atoms with Crippen molar-refractivity contribution in [3.05, 3.63) is 22.8 Å². The van der Waals surface area contributed by atoms with Gasteiger partial charge in [-0.3, -0.25) is 0 Å². The van der Waals surface area contributed by atoms with Crippen LogP contribution in [0, 0.1) is 20.8 Å². The third-order valence-electron chi connectivity index (χ3n) is 2.74. The van der Waals surface area contributed by atoms with Gasteiger partial charge in [0.25, 0.3) is 0 Å². The monoisotopic (exact) mass is 180 g/mol. The topological polar surface area (TPSA) is 0 Å². The zero-order chi connectivity index (χ0) is 8.59. The molecule has 11 heavy (non-hydrogen) atoms. The van der Waals surface area contributed by atoms with Crippen LogP contribution < -0.4 is 10.4 Å². The van der Waals surface area contributed by atoms with Gasteiger partial charge in [-0.25, -0.2) is 0 Å². The molecular weight excluding hydrogens is 164 g/mol. The van der Waals surface area contributed by atoms with Crippen molar-refractivity contribution < 1.29 is 0 Å². The molecule has 1 aromatic rings. The molecule has 2 heteroatoms. The normalized spacial score (nSPS) is 10.8. The molecule has 0 nitrogen and oxygen atoms in total. The summed E-state index contributed by atoms with van der Waals surface area (Å²) in [5, 5.41) is 3.20. The van der Waals surface area contributed by atoms with Crippen molar-refractivity contribution in [1.82, 2.24) is 0 Å². The fraction of sp³-hybridized carbons (Fsp3) is 0.333. The molecule has 0 amide bonds. The van der Waals surface area contributed by atoms with E-state index in [0.29, 0.717) is 0 Å². The standard InChI is InChI=1S/C9H16Si2/c1-5-4-8(10)7(3)9(11)6(5)2/h4H,1-3,10-11H3. The Labute approximate surface area is 74.9 Å². The van der Waals surface area contributed by atoms with Crippen LogP contribution in [0.2, 0.25) is 0 Å². The maximum atomic E-state index is 2.35. The lowest BCUT2D eigenvalue weighted by molar-refractivity contribution is 1.35. The van der Waals surface area contributed by atoms with Gasteiger partial charge in [-0.05, 0) is 31.9 Å². The summed E-state index contributed by atoms with van der Waals surface area (Å²) in [4.78, 5) is 0. The Hall–Kier alpha value is -0.346. The average molecular weight is 180 g/mol. The lowest BCUT2D eigenvalue weighted by atomic mass is 10.1. The summed E-state index contributed by atoms with van der Waals surface area (Å²) in [6, 6.07) is 2.35. The van der Waals surface area contributed by atoms with Crippen molar-refractivity contribution in [2.45, 2.75) is 20.8 Å². The predicted octanol–water partition coefficient (Wildman–Crippen LogP) is -1.41. The van der Waals surface area contributed by atoms with E-state index in [-0.39, 0.29) is 0 Å². The van der Waals surface area contributed by atoms with E-state index in [0.717, 1.165) is 0 Å². The zero-order valence-electron chi connectivity index (χ0n) is 8.08.